The number of likely N-dealkylation sites (tertiary alicyclic amines) is 1. The molecule has 1 aliphatic carbocycles. The van der Waals surface area contributed by atoms with Crippen molar-refractivity contribution in [1.29, 1.82) is 0 Å². The fraction of sp³-hybridized carbons (Fsp3) is 0.333. The van der Waals surface area contributed by atoms with Crippen LogP contribution in [-0.4, -0.2) is 78.5 Å². The molecule has 3 atom stereocenters. The number of nitrogens with one attached hydrogen (secondary N) is 1. The molecule has 5 aromatic rings. The Labute approximate surface area is 307 Å². The summed E-state index contributed by atoms with van der Waals surface area (Å²) in [5.41, 5.74) is 10.5. The lowest BCUT2D eigenvalue weighted by molar-refractivity contribution is -0.140. The van der Waals surface area contributed by atoms with Crippen molar-refractivity contribution in [3.8, 4) is 32.8 Å². The van der Waals surface area contributed by atoms with E-state index in [-0.39, 0.29) is 24.8 Å². The number of aliphatic hydroxyl groups is 1. The van der Waals surface area contributed by atoms with E-state index in [2.05, 4.69) is 26.5 Å². The number of thiazole rings is 1. The Morgan fingerprint density at radius 2 is 1.79 bits per heavy atom. The zero-order valence-corrected chi connectivity index (χ0v) is 30.5. The average Bonchev–Trinajstić information content (AvgIpc) is 3.95. The van der Waals surface area contributed by atoms with Gasteiger partial charge in [-0.15, -0.1) is 11.3 Å². The first-order valence-corrected chi connectivity index (χ1v) is 18.3. The van der Waals surface area contributed by atoms with Gasteiger partial charge in [0.1, 0.15) is 6.04 Å². The molecule has 1 saturated heterocycles. The molecule has 11 nitrogen and oxygen atoms in total. The summed E-state index contributed by atoms with van der Waals surface area (Å²) in [7, 11) is 1.81. The van der Waals surface area contributed by atoms with Gasteiger partial charge in [-0.25, -0.2) is 4.98 Å². The van der Waals surface area contributed by atoms with Crippen molar-refractivity contribution < 1.29 is 19.9 Å². The average molecular weight is 715 g/mol. The zero-order valence-electron chi connectivity index (χ0n) is 29.7. The van der Waals surface area contributed by atoms with E-state index in [1.165, 1.54) is 4.90 Å². The highest BCUT2D eigenvalue weighted by atomic mass is 32.1. The van der Waals surface area contributed by atoms with Crippen LogP contribution < -0.4 is 5.32 Å². The van der Waals surface area contributed by atoms with Gasteiger partial charge in [-0.3, -0.25) is 14.6 Å². The zero-order chi connectivity index (χ0) is 36.6. The molecule has 2 aromatic carbocycles. The summed E-state index contributed by atoms with van der Waals surface area (Å²) >= 11 is 1.59. The summed E-state index contributed by atoms with van der Waals surface area (Å²) in [6, 6.07) is 17.1. The van der Waals surface area contributed by atoms with Gasteiger partial charge < -0.3 is 25.1 Å². The minimum Gasteiger partial charge on any atom is -0.411 e. The highest BCUT2D eigenvalue weighted by Crippen LogP contribution is 2.38. The number of aromatic nitrogens is 4. The second kappa shape index (κ2) is 14.5. The topological polar surface area (TPSA) is 146 Å². The van der Waals surface area contributed by atoms with Crippen molar-refractivity contribution in [1.82, 2.24) is 29.9 Å². The second-order valence-electron chi connectivity index (χ2n) is 14.6. The summed E-state index contributed by atoms with van der Waals surface area (Å²) in [5, 5.41) is 31.6. The number of β-amino-alcohol motifs (C(OH)–C–C–N with tert-alkyl or cyclic N) is 1. The molecule has 13 heteroatoms. The quantitative estimate of drug-likeness (QED) is 0.100. The van der Waals surface area contributed by atoms with E-state index >= 15 is 0 Å². The lowest BCUT2D eigenvalue weighted by atomic mass is 9.61. The number of fused-ring (bicyclic) bond motifs is 1. The molecular formula is C39H41BN7O4S. The first-order valence-electron chi connectivity index (χ1n) is 17.4. The molecule has 2 aliphatic rings. The van der Waals surface area contributed by atoms with Crippen LogP contribution in [0.5, 0.6) is 0 Å². The van der Waals surface area contributed by atoms with Crippen LogP contribution in [0.25, 0.3) is 32.8 Å². The number of amides is 2. The molecular weight excluding hydrogens is 673 g/mol. The van der Waals surface area contributed by atoms with Crippen LogP contribution in [0.2, 0.25) is 5.82 Å². The molecule has 3 aromatic heterocycles. The fourth-order valence-electron chi connectivity index (χ4n) is 7.10. The van der Waals surface area contributed by atoms with Gasteiger partial charge in [-0.1, -0.05) is 68.4 Å². The number of aryl methyl sites for hydroxylation is 2. The molecule has 1 radical (unpaired) electrons. The van der Waals surface area contributed by atoms with Gasteiger partial charge in [0.05, 0.1) is 33.6 Å². The number of hydrogen-bond acceptors (Lipinski definition) is 9. The highest BCUT2D eigenvalue weighted by Gasteiger charge is 2.44. The van der Waals surface area contributed by atoms with Gasteiger partial charge in [0, 0.05) is 60.6 Å². The monoisotopic (exact) mass is 714 g/mol. The maximum atomic E-state index is 14.4. The fourth-order valence-corrected chi connectivity index (χ4v) is 7.91. The van der Waals surface area contributed by atoms with Gasteiger partial charge in [-0.05, 0) is 59.6 Å². The van der Waals surface area contributed by atoms with E-state index in [0.29, 0.717) is 18.7 Å². The molecule has 1 fully saturated rings. The number of pyridine rings is 1. The SMILES string of the molecule is Cc1ncsc1-c1ccc(CNC(=O)[C@@H]2C[C@@H](O)CN2C(=O)C([B]n2cc(-c3ccc4c(c3)CC/C4=N\O)c(-c3ccncc3)n2)C(C)(C)C)cc1. The molecule has 52 heavy (non-hydrogen) atoms. The van der Waals surface area contributed by atoms with Crippen molar-refractivity contribution >= 4 is 36.3 Å². The van der Waals surface area contributed by atoms with Gasteiger partial charge in [0.15, 0.2) is 0 Å². The minimum absolute atomic E-state index is 0.0706. The summed E-state index contributed by atoms with van der Waals surface area (Å²) in [6.07, 6.45) is 6.18. The molecule has 0 bridgehead atoms. The molecule has 2 amide bonds. The standard InChI is InChI=1S/C39H41BN7O4S/c1-23-35(52-22-43-23)26-7-5-24(6-8-26)19-42-37(49)33-18-29(48)20-46(33)38(50)36(39(2,3)4)40-47-21-31(34(44-47)25-13-15-41-16-14-25)28-9-11-30-27(17-28)10-12-32(30)45-51/h5-9,11,13-17,21-22,29,33,36,48,51H,10,12,18-20H2,1-4H3,(H,42,49)/b45-32+/t29-,33+,36?/m1/s1. The number of carbonyl (C=O) groups excluding carboxylic acids is 2. The number of rotatable bonds is 9. The maximum Gasteiger partial charge on any atom is 0.293 e. The smallest absolute Gasteiger partial charge is 0.293 e. The summed E-state index contributed by atoms with van der Waals surface area (Å²) in [5.74, 6) is -1.21. The van der Waals surface area contributed by atoms with Gasteiger partial charge in [0.2, 0.25) is 11.8 Å². The van der Waals surface area contributed by atoms with Crippen LogP contribution in [0.1, 0.15) is 56.0 Å². The van der Waals surface area contributed by atoms with Crippen LogP contribution in [0.3, 0.4) is 0 Å². The van der Waals surface area contributed by atoms with Gasteiger partial charge >= 0.3 is 0 Å². The largest absolute Gasteiger partial charge is 0.411 e. The first kappa shape index (κ1) is 35.3. The molecule has 1 aliphatic heterocycles. The Kier molecular flexibility index (Phi) is 9.82. The lowest BCUT2D eigenvalue weighted by Crippen LogP contribution is -2.49. The number of oxime groups is 1. The van der Waals surface area contributed by atoms with E-state index in [0.717, 1.165) is 61.6 Å². The molecule has 0 saturated carbocycles. The number of aliphatic hydroxyl groups excluding tert-OH is 1. The van der Waals surface area contributed by atoms with E-state index in [1.807, 2.05) is 95.3 Å². The van der Waals surface area contributed by atoms with Crippen molar-refractivity contribution in [3.63, 3.8) is 0 Å². The molecule has 4 heterocycles. The Hall–Kier alpha value is -5.14. The molecule has 0 spiro atoms. The normalized spacial score (nSPS) is 18.4. The van der Waals surface area contributed by atoms with Crippen molar-refractivity contribution in [3.05, 3.63) is 101 Å². The Morgan fingerprint density at radius 1 is 1.04 bits per heavy atom. The molecule has 7 rings (SSSR count). The van der Waals surface area contributed by atoms with Gasteiger partial charge in [0.25, 0.3) is 7.41 Å². The number of benzene rings is 2. The lowest BCUT2D eigenvalue weighted by Gasteiger charge is -2.34. The number of carbonyl (C=O) groups is 2. The first-order chi connectivity index (χ1) is 25.0. The number of hydrogen-bond donors (Lipinski definition) is 3. The Morgan fingerprint density at radius 3 is 2.48 bits per heavy atom. The highest BCUT2D eigenvalue weighted by molar-refractivity contribution is 7.13. The van der Waals surface area contributed by atoms with Crippen molar-refractivity contribution in [2.45, 2.75) is 71.5 Å². The van der Waals surface area contributed by atoms with E-state index in [1.54, 1.807) is 28.3 Å². The predicted octanol–water partition coefficient (Wildman–Crippen LogP) is 5.75. The molecule has 3 N–H and O–H groups in total. The summed E-state index contributed by atoms with van der Waals surface area (Å²) in [6.45, 7) is 8.31. The third-order valence-corrected chi connectivity index (χ3v) is 10.9. The molecule has 265 valence electrons. The number of nitrogens with zero attached hydrogens (tertiary/aromatic N) is 6. The van der Waals surface area contributed by atoms with Crippen molar-refractivity contribution in [2.24, 2.45) is 10.6 Å². The van der Waals surface area contributed by atoms with Crippen molar-refractivity contribution in [2.75, 3.05) is 6.54 Å². The second-order valence-corrected chi connectivity index (χ2v) is 15.5. The van der Waals surface area contributed by atoms with Gasteiger partial charge in [-0.2, -0.15) is 5.10 Å². The predicted molar refractivity (Wildman–Crippen MR) is 202 cm³/mol. The third-order valence-electron chi connectivity index (χ3n) is 9.96. The van der Waals surface area contributed by atoms with Crippen LogP contribution in [0.15, 0.2) is 83.9 Å². The summed E-state index contributed by atoms with van der Waals surface area (Å²) < 4.78 is 1.70. The van der Waals surface area contributed by atoms with E-state index in [4.69, 9.17) is 5.10 Å². The Bertz CT molecular complexity index is 2120. The third kappa shape index (κ3) is 7.15. The summed E-state index contributed by atoms with van der Waals surface area (Å²) in [4.78, 5) is 39.2. The minimum atomic E-state index is -0.812. The Balaban J connectivity index is 1.11. The van der Waals surface area contributed by atoms with Crippen LogP contribution in [0, 0.1) is 12.3 Å². The van der Waals surface area contributed by atoms with E-state index in [9.17, 15) is 19.9 Å². The van der Waals surface area contributed by atoms with E-state index < -0.39 is 23.4 Å². The maximum absolute atomic E-state index is 14.4. The molecule has 1 unspecified atom stereocenters. The van der Waals surface area contributed by atoms with Crippen LogP contribution in [0.4, 0.5) is 0 Å². The van der Waals surface area contributed by atoms with Crippen LogP contribution >= 0.6 is 11.3 Å². The van der Waals surface area contributed by atoms with Crippen LogP contribution in [-0.2, 0) is 22.6 Å².